The van der Waals surface area contributed by atoms with Crippen molar-refractivity contribution >= 4 is 35.0 Å². The minimum Gasteiger partial charge on any atom is -0.495 e. The fourth-order valence-corrected chi connectivity index (χ4v) is 8.02. The number of nitrogens with zero attached hydrogens (tertiary/aromatic N) is 6. The third-order valence-electron chi connectivity index (χ3n) is 10.5. The van der Waals surface area contributed by atoms with E-state index in [0.717, 1.165) is 56.7 Å². The van der Waals surface area contributed by atoms with E-state index < -0.39 is 0 Å². The van der Waals surface area contributed by atoms with Crippen LogP contribution in [0.25, 0.3) is 0 Å². The van der Waals surface area contributed by atoms with Crippen LogP contribution in [0.4, 0.5) is 23.1 Å². The lowest BCUT2D eigenvalue weighted by Gasteiger charge is -2.43. The maximum Gasteiger partial charge on any atom is 0.345 e. The first kappa shape index (κ1) is 28.9. The number of quaternary nitrogens is 1. The summed E-state index contributed by atoms with van der Waals surface area (Å²) in [6.07, 6.45) is 9.12. The number of methoxy groups -OCH3 is 1. The van der Waals surface area contributed by atoms with Crippen LogP contribution in [0, 0.1) is 11.8 Å². The van der Waals surface area contributed by atoms with Crippen LogP contribution in [0.1, 0.15) is 62.2 Å². The van der Waals surface area contributed by atoms with Gasteiger partial charge < -0.3 is 24.8 Å². The van der Waals surface area contributed by atoms with Gasteiger partial charge in [0, 0.05) is 39.0 Å². The molecule has 1 N–H and O–H groups in total. The number of nitrogens with one attached hydrogen (secondary N) is 1. The standard InChI is InChI=1S/C32H45N7O3/c1-7-26-30(40)37(3)27-17-33-32(35-29(27)38(26)23-10-8-9-11-23)34-25-13-12-20(16-28(25)42-6)31(41)39(4,5)24-14-21-18-36(2)19-22(21)15-24/h12-13,16-17,21-24,26H,7-11,14-15,18-19H2,1-6H3/p+1. The van der Waals surface area contributed by atoms with Gasteiger partial charge in [-0.1, -0.05) is 19.8 Å². The second-order valence-electron chi connectivity index (χ2n) is 13.3. The number of carbonyl (C=O) groups excluding carboxylic acids is 2. The maximum absolute atomic E-state index is 13.8. The number of benzene rings is 1. The number of hydrogen-bond donors (Lipinski definition) is 1. The van der Waals surface area contributed by atoms with Crippen LogP contribution in [-0.4, -0.2) is 97.7 Å². The average molecular weight is 577 g/mol. The Labute approximate surface area is 249 Å². The molecule has 0 spiro atoms. The quantitative estimate of drug-likeness (QED) is 0.489. The van der Waals surface area contributed by atoms with Crippen LogP contribution in [0.5, 0.6) is 5.75 Å². The van der Waals surface area contributed by atoms with Crippen LogP contribution < -0.4 is 19.9 Å². The first-order valence-electron chi connectivity index (χ1n) is 15.6. The molecule has 1 aromatic heterocycles. The smallest absolute Gasteiger partial charge is 0.345 e. The molecular weight excluding hydrogens is 530 g/mol. The second-order valence-corrected chi connectivity index (χ2v) is 13.3. The summed E-state index contributed by atoms with van der Waals surface area (Å²) in [6, 6.07) is 5.99. The van der Waals surface area contributed by atoms with E-state index in [9.17, 15) is 9.59 Å². The van der Waals surface area contributed by atoms with E-state index in [2.05, 4.69) is 48.2 Å². The van der Waals surface area contributed by atoms with Crippen LogP contribution in [0.15, 0.2) is 24.4 Å². The second kappa shape index (κ2) is 11.1. The molecule has 10 nitrogen and oxygen atoms in total. The predicted octanol–water partition coefficient (Wildman–Crippen LogP) is 4.29. The van der Waals surface area contributed by atoms with Gasteiger partial charge in [-0.15, -0.1) is 0 Å². The molecule has 226 valence electrons. The van der Waals surface area contributed by atoms with Gasteiger partial charge in [-0.2, -0.15) is 4.98 Å². The maximum atomic E-state index is 13.8. The van der Waals surface area contributed by atoms with Gasteiger partial charge in [0.25, 0.3) is 0 Å². The minimum absolute atomic E-state index is 0.0950. The van der Waals surface area contributed by atoms with E-state index in [0.29, 0.717) is 51.4 Å². The van der Waals surface area contributed by atoms with E-state index >= 15 is 0 Å². The Morgan fingerprint density at radius 3 is 2.45 bits per heavy atom. The number of likely N-dealkylation sites (N-methyl/N-ethyl adjacent to an activating group) is 1. The van der Waals surface area contributed by atoms with Gasteiger partial charge in [0.2, 0.25) is 11.9 Å². The largest absolute Gasteiger partial charge is 0.495 e. The summed E-state index contributed by atoms with van der Waals surface area (Å²) in [5, 5.41) is 3.34. The number of fused-ring (bicyclic) bond motifs is 2. The highest BCUT2D eigenvalue weighted by Crippen LogP contribution is 2.43. The van der Waals surface area contributed by atoms with Crippen molar-refractivity contribution in [1.29, 1.82) is 0 Å². The molecule has 2 aromatic rings. The molecule has 1 aromatic carbocycles. The molecular formula is C32H46N7O3+. The molecule has 0 radical (unpaired) electrons. The van der Waals surface area contributed by atoms with Crippen molar-refractivity contribution in [2.45, 2.75) is 70.0 Å². The molecule has 3 fully saturated rings. The number of ether oxygens (including phenoxy) is 1. The van der Waals surface area contributed by atoms with Crippen molar-refractivity contribution in [1.82, 2.24) is 14.9 Å². The van der Waals surface area contributed by atoms with E-state index in [1.54, 1.807) is 25.3 Å². The molecule has 3 unspecified atom stereocenters. The Bertz CT molecular complexity index is 1340. The zero-order valence-corrected chi connectivity index (χ0v) is 26.0. The van der Waals surface area contributed by atoms with Crippen molar-refractivity contribution in [3.05, 3.63) is 30.0 Å². The topological polar surface area (TPSA) is 90.9 Å². The lowest BCUT2D eigenvalue weighted by atomic mass is 10.0. The van der Waals surface area contributed by atoms with Crippen molar-refractivity contribution in [3.63, 3.8) is 0 Å². The molecule has 42 heavy (non-hydrogen) atoms. The van der Waals surface area contributed by atoms with Crippen molar-refractivity contribution in [3.8, 4) is 5.75 Å². The van der Waals surface area contributed by atoms with Gasteiger partial charge in [-0.05, 0) is 56.3 Å². The molecule has 2 aliphatic carbocycles. The summed E-state index contributed by atoms with van der Waals surface area (Å²) in [5.41, 5.74) is 2.07. The van der Waals surface area contributed by atoms with Gasteiger partial charge >= 0.3 is 5.91 Å². The molecule has 2 saturated carbocycles. The number of likely N-dealkylation sites (tertiary alicyclic amines) is 1. The molecule has 10 heteroatoms. The van der Waals surface area contributed by atoms with Crippen LogP contribution in [0.3, 0.4) is 0 Å². The number of carbonyl (C=O) groups is 2. The normalized spacial score (nSPS) is 26.5. The van der Waals surface area contributed by atoms with Gasteiger partial charge in [0.15, 0.2) is 5.82 Å². The monoisotopic (exact) mass is 576 g/mol. The SMILES string of the molecule is CCC1C(=O)N(C)c2cnc(Nc3ccc(C(=O)[N+](C)(C)C4CC5CN(C)CC5C4)cc3OC)nc2N1C1CCCC1. The Balaban J connectivity index is 1.24. The Morgan fingerprint density at radius 2 is 1.81 bits per heavy atom. The Hall–Kier alpha value is -3.24. The minimum atomic E-state index is -0.227. The Kier molecular flexibility index (Phi) is 7.64. The third-order valence-corrected chi connectivity index (χ3v) is 10.5. The highest BCUT2D eigenvalue weighted by atomic mass is 16.5. The lowest BCUT2D eigenvalue weighted by molar-refractivity contribution is -0.834. The van der Waals surface area contributed by atoms with Crippen molar-refractivity contribution in [2.75, 3.05) is 63.5 Å². The van der Waals surface area contributed by atoms with E-state index in [1.807, 2.05) is 18.2 Å². The summed E-state index contributed by atoms with van der Waals surface area (Å²) in [7, 11) is 9.73. The molecule has 3 atom stereocenters. The summed E-state index contributed by atoms with van der Waals surface area (Å²) >= 11 is 0. The fourth-order valence-electron chi connectivity index (χ4n) is 8.02. The van der Waals surface area contributed by atoms with Gasteiger partial charge in [0.05, 0.1) is 44.7 Å². The first-order valence-corrected chi connectivity index (χ1v) is 15.6. The molecule has 2 aliphatic heterocycles. The van der Waals surface area contributed by atoms with Crippen molar-refractivity contribution < 1.29 is 18.8 Å². The molecule has 1 saturated heterocycles. The first-order chi connectivity index (χ1) is 20.1. The number of amides is 2. The highest BCUT2D eigenvalue weighted by molar-refractivity contribution is 6.04. The lowest BCUT2D eigenvalue weighted by Crippen LogP contribution is -2.55. The number of hydrogen-bond acceptors (Lipinski definition) is 8. The fraction of sp³-hybridized carbons (Fsp3) is 0.625. The molecule has 0 bridgehead atoms. The molecule has 4 aliphatic rings. The van der Waals surface area contributed by atoms with Crippen LogP contribution in [0.2, 0.25) is 0 Å². The van der Waals surface area contributed by atoms with E-state index in [1.165, 1.54) is 12.8 Å². The van der Waals surface area contributed by atoms with Gasteiger partial charge in [0.1, 0.15) is 17.5 Å². The number of rotatable bonds is 7. The molecule has 2 amide bonds. The molecule has 6 rings (SSSR count). The number of aromatic nitrogens is 2. The number of anilines is 4. The van der Waals surface area contributed by atoms with Gasteiger partial charge in [-0.25, -0.2) is 9.78 Å². The van der Waals surface area contributed by atoms with Gasteiger partial charge in [-0.3, -0.25) is 9.28 Å². The van der Waals surface area contributed by atoms with Crippen LogP contribution >= 0.6 is 0 Å². The summed E-state index contributed by atoms with van der Waals surface area (Å²) in [4.78, 5) is 42.9. The summed E-state index contributed by atoms with van der Waals surface area (Å²) in [5.74, 6) is 3.39. The summed E-state index contributed by atoms with van der Waals surface area (Å²) < 4.78 is 6.10. The molecule has 3 heterocycles. The van der Waals surface area contributed by atoms with E-state index in [4.69, 9.17) is 9.72 Å². The average Bonchev–Trinajstić information content (AvgIpc) is 3.72. The predicted molar refractivity (Wildman–Crippen MR) is 164 cm³/mol. The highest BCUT2D eigenvalue weighted by Gasteiger charge is 2.48. The third kappa shape index (κ3) is 4.92. The zero-order chi connectivity index (χ0) is 29.8. The Morgan fingerprint density at radius 1 is 1.12 bits per heavy atom. The van der Waals surface area contributed by atoms with Crippen LogP contribution in [-0.2, 0) is 4.79 Å². The van der Waals surface area contributed by atoms with Crippen molar-refractivity contribution in [2.24, 2.45) is 11.8 Å². The van der Waals surface area contributed by atoms with E-state index in [-0.39, 0.29) is 17.9 Å². The zero-order valence-electron chi connectivity index (χ0n) is 26.0. The summed E-state index contributed by atoms with van der Waals surface area (Å²) in [6.45, 7) is 4.34.